The molecule has 2 heterocycles. The molecule has 2 aromatic heterocycles. The minimum absolute atomic E-state index is 0.0125. The Bertz CT molecular complexity index is 913. The molecule has 1 atom stereocenters. The van der Waals surface area contributed by atoms with Crippen LogP contribution >= 0.6 is 11.8 Å². The van der Waals surface area contributed by atoms with Gasteiger partial charge < -0.3 is 10.3 Å². The molecule has 1 aliphatic carbocycles. The van der Waals surface area contributed by atoms with Gasteiger partial charge in [0.2, 0.25) is 5.91 Å². The van der Waals surface area contributed by atoms with Crippen LogP contribution in [0.25, 0.3) is 11.0 Å². The molecule has 25 heavy (non-hydrogen) atoms. The zero-order chi connectivity index (χ0) is 17.4. The van der Waals surface area contributed by atoms with E-state index in [1.165, 1.54) is 23.7 Å². The summed E-state index contributed by atoms with van der Waals surface area (Å²) in [6, 6.07) is 6.02. The van der Waals surface area contributed by atoms with Gasteiger partial charge in [0.1, 0.15) is 12.2 Å². The normalized spacial score (nSPS) is 15.4. The molecule has 1 fully saturated rings. The van der Waals surface area contributed by atoms with Crippen molar-refractivity contribution in [3.63, 3.8) is 0 Å². The molecular formula is C17H20N6OS. The molecule has 1 aromatic carbocycles. The number of thioether (sulfide) groups is 1. The lowest BCUT2D eigenvalue weighted by atomic mass is 10.1. The van der Waals surface area contributed by atoms with Crippen LogP contribution in [0.15, 0.2) is 29.7 Å². The van der Waals surface area contributed by atoms with E-state index in [0.717, 1.165) is 34.9 Å². The Morgan fingerprint density at radius 2 is 2.32 bits per heavy atom. The first-order valence-electron chi connectivity index (χ1n) is 8.32. The molecule has 4 rings (SSSR count). The highest BCUT2D eigenvalue weighted by molar-refractivity contribution is 7.99. The number of carbonyl (C=O) groups is 1. The van der Waals surface area contributed by atoms with Crippen LogP contribution in [-0.2, 0) is 11.8 Å². The second-order valence-electron chi connectivity index (χ2n) is 6.48. The maximum Gasteiger partial charge on any atom is 0.231 e. The molecule has 2 N–H and O–H groups in total. The van der Waals surface area contributed by atoms with Crippen molar-refractivity contribution >= 4 is 28.7 Å². The molecular weight excluding hydrogens is 336 g/mol. The number of aromatic nitrogens is 5. The number of benzene rings is 1. The lowest BCUT2D eigenvalue weighted by Gasteiger charge is -2.17. The van der Waals surface area contributed by atoms with Gasteiger partial charge in [0.05, 0.1) is 22.8 Å². The third-order valence-electron chi connectivity index (χ3n) is 4.39. The Labute approximate surface area is 149 Å². The number of hydrogen-bond donors (Lipinski definition) is 2. The fourth-order valence-electron chi connectivity index (χ4n) is 2.93. The van der Waals surface area contributed by atoms with Crippen LogP contribution in [0.3, 0.4) is 0 Å². The van der Waals surface area contributed by atoms with Crippen LogP contribution in [0.4, 0.5) is 0 Å². The van der Waals surface area contributed by atoms with Crippen LogP contribution in [0.1, 0.15) is 30.3 Å². The summed E-state index contributed by atoms with van der Waals surface area (Å²) >= 11 is 1.41. The number of H-pyrrole nitrogens is 1. The van der Waals surface area contributed by atoms with Crippen LogP contribution in [-0.4, -0.2) is 36.4 Å². The summed E-state index contributed by atoms with van der Waals surface area (Å²) in [4.78, 5) is 24.5. The number of fused-ring (bicyclic) bond motifs is 1. The van der Waals surface area contributed by atoms with Crippen LogP contribution in [0, 0.1) is 12.8 Å². The van der Waals surface area contributed by atoms with Crippen LogP contribution in [0.2, 0.25) is 0 Å². The lowest BCUT2D eigenvalue weighted by molar-refractivity contribution is -0.119. The molecule has 130 valence electrons. The first-order valence-corrected chi connectivity index (χ1v) is 9.31. The Balaban J connectivity index is 1.40. The summed E-state index contributed by atoms with van der Waals surface area (Å²) in [7, 11) is 1.86. The van der Waals surface area contributed by atoms with Crippen molar-refractivity contribution in [1.82, 2.24) is 30.0 Å². The van der Waals surface area contributed by atoms with Gasteiger partial charge in [-0.05, 0) is 43.4 Å². The predicted molar refractivity (Wildman–Crippen MR) is 96.2 cm³/mol. The Kier molecular flexibility index (Phi) is 4.20. The smallest absolute Gasteiger partial charge is 0.231 e. The van der Waals surface area contributed by atoms with Gasteiger partial charge in [-0.1, -0.05) is 17.8 Å². The molecule has 0 unspecified atom stereocenters. The molecule has 0 saturated heterocycles. The minimum atomic E-state index is -0.0566. The minimum Gasteiger partial charge on any atom is -0.345 e. The lowest BCUT2D eigenvalue weighted by Crippen LogP contribution is -2.33. The molecule has 1 saturated carbocycles. The zero-order valence-electron chi connectivity index (χ0n) is 14.2. The number of imidazole rings is 1. The van der Waals surface area contributed by atoms with Crippen molar-refractivity contribution in [2.45, 2.75) is 31.0 Å². The largest absolute Gasteiger partial charge is 0.345 e. The molecule has 1 aliphatic rings. The van der Waals surface area contributed by atoms with E-state index < -0.39 is 0 Å². The Morgan fingerprint density at radius 3 is 3.04 bits per heavy atom. The molecule has 3 aromatic rings. The average Bonchev–Trinajstić information content (AvgIpc) is 3.22. The highest BCUT2D eigenvalue weighted by atomic mass is 32.2. The highest BCUT2D eigenvalue weighted by Crippen LogP contribution is 2.40. The summed E-state index contributed by atoms with van der Waals surface area (Å²) in [6.07, 6.45) is 3.77. The van der Waals surface area contributed by atoms with Gasteiger partial charge in [-0.15, -0.1) is 0 Å². The van der Waals surface area contributed by atoms with Crippen LogP contribution < -0.4 is 5.32 Å². The van der Waals surface area contributed by atoms with E-state index in [4.69, 9.17) is 0 Å². The summed E-state index contributed by atoms with van der Waals surface area (Å²) in [5, 5.41) is 7.99. The van der Waals surface area contributed by atoms with Gasteiger partial charge in [-0.2, -0.15) is 5.10 Å². The number of hydrogen-bond acceptors (Lipinski definition) is 5. The monoisotopic (exact) mass is 356 g/mol. The van der Waals surface area contributed by atoms with E-state index >= 15 is 0 Å². The van der Waals surface area contributed by atoms with E-state index in [1.807, 2.05) is 26.1 Å². The molecule has 8 heteroatoms. The third kappa shape index (κ3) is 3.53. The summed E-state index contributed by atoms with van der Waals surface area (Å²) in [6.45, 7) is 2.05. The molecule has 7 nitrogen and oxygen atoms in total. The maximum atomic E-state index is 12.4. The topological polar surface area (TPSA) is 88.5 Å². The van der Waals surface area contributed by atoms with Crippen molar-refractivity contribution in [3.8, 4) is 0 Å². The number of nitrogens with one attached hydrogen (secondary N) is 2. The zero-order valence-corrected chi connectivity index (χ0v) is 15.0. The van der Waals surface area contributed by atoms with Gasteiger partial charge in [0.25, 0.3) is 0 Å². The first-order chi connectivity index (χ1) is 12.1. The van der Waals surface area contributed by atoms with Crippen molar-refractivity contribution in [2.24, 2.45) is 13.0 Å². The van der Waals surface area contributed by atoms with E-state index in [9.17, 15) is 4.79 Å². The quantitative estimate of drug-likeness (QED) is 0.662. The number of amides is 1. The van der Waals surface area contributed by atoms with Crippen molar-refractivity contribution in [3.05, 3.63) is 35.9 Å². The number of nitrogens with zero attached hydrogens (tertiary/aromatic N) is 4. The molecule has 0 spiro atoms. The number of carbonyl (C=O) groups excluding carboxylic acids is 1. The summed E-state index contributed by atoms with van der Waals surface area (Å²) in [5.74, 6) is 1.59. The average molecular weight is 356 g/mol. The standard InChI is InChI=1S/C17H20N6OS/c1-10-3-6-12-13(7-10)21-17(20-12)25-8-14(24)22-15(11-4-5-11)16-18-9-19-23(16)2/h3,6-7,9,11,15H,4-5,8H2,1-2H3,(H,20,21)(H,22,24)/t15-/m1/s1. The van der Waals surface area contributed by atoms with Gasteiger partial charge in [-0.25, -0.2) is 9.97 Å². The second-order valence-corrected chi connectivity index (χ2v) is 7.44. The Hall–Kier alpha value is -2.35. The molecule has 1 amide bonds. The first kappa shape index (κ1) is 16.1. The summed E-state index contributed by atoms with van der Waals surface area (Å²) < 4.78 is 1.73. The molecule has 0 radical (unpaired) electrons. The fraction of sp³-hybridized carbons (Fsp3) is 0.412. The van der Waals surface area contributed by atoms with Crippen molar-refractivity contribution in [1.29, 1.82) is 0 Å². The van der Waals surface area contributed by atoms with E-state index in [0.29, 0.717) is 11.7 Å². The summed E-state index contributed by atoms with van der Waals surface area (Å²) in [5.41, 5.74) is 3.10. The maximum absolute atomic E-state index is 12.4. The van der Waals surface area contributed by atoms with Gasteiger partial charge in [-0.3, -0.25) is 9.48 Å². The van der Waals surface area contributed by atoms with Crippen LogP contribution in [0.5, 0.6) is 0 Å². The highest BCUT2D eigenvalue weighted by Gasteiger charge is 2.36. The number of aryl methyl sites for hydroxylation is 2. The van der Waals surface area contributed by atoms with E-state index in [2.05, 4.69) is 31.4 Å². The SMILES string of the molecule is Cc1ccc2nc(SCC(=O)N[C@@H](c3ncnn3C)C3CC3)[nH]c2c1. The second kappa shape index (κ2) is 6.51. The number of rotatable bonds is 6. The van der Waals surface area contributed by atoms with Crippen molar-refractivity contribution in [2.75, 3.05) is 5.75 Å². The molecule has 0 aliphatic heterocycles. The van der Waals surface area contributed by atoms with E-state index in [1.54, 1.807) is 4.68 Å². The van der Waals surface area contributed by atoms with E-state index in [-0.39, 0.29) is 11.9 Å². The predicted octanol–water partition coefficient (Wildman–Crippen LogP) is 2.36. The Morgan fingerprint density at radius 1 is 1.48 bits per heavy atom. The van der Waals surface area contributed by atoms with Gasteiger partial charge >= 0.3 is 0 Å². The van der Waals surface area contributed by atoms with Crippen molar-refractivity contribution < 1.29 is 4.79 Å². The fourth-order valence-corrected chi connectivity index (χ4v) is 3.62. The van der Waals surface area contributed by atoms with Gasteiger partial charge in [0.15, 0.2) is 5.16 Å². The number of aromatic amines is 1. The van der Waals surface area contributed by atoms with Gasteiger partial charge in [0, 0.05) is 7.05 Å². The third-order valence-corrected chi connectivity index (χ3v) is 5.26. The molecule has 0 bridgehead atoms.